The van der Waals surface area contributed by atoms with Crippen molar-refractivity contribution in [2.75, 3.05) is 11.3 Å². The minimum absolute atomic E-state index is 0.0105. The normalized spacial score (nSPS) is 16.8. The fraction of sp³-hybridized carbons (Fsp3) is 0.208. The maximum atomic E-state index is 14.7. The Morgan fingerprint density at radius 3 is 2.19 bits per heavy atom. The fourth-order valence-corrected chi connectivity index (χ4v) is 4.62. The monoisotopic (exact) mass is 546 g/mol. The van der Waals surface area contributed by atoms with E-state index in [1.165, 1.54) is 24.3 Å². The lowest BCUT2D eigenvalue weighted by Gasteiger charge is -2.25. The van der Waals surface area contributed by atoms with E-state index in [0.29, 0.717) is 16.7 Å². The van der Waals surface area contributed by atoms with E-state index in [1.54, 1.807) is 30.3 Å². The molecule has 0 spiro atoms. The predicted molar refractivity (Wildman–Crippen MR) is 125 cm³/mol. The first-order valence-corrected chi connectivity index (χ1v) is 12.6. The molecule has 3 aromatic carbocycles. The van der Waals surface area contributed by atoms with Gasteiger partial charge >= 0.3 is 12.1 Å². The topological polar surface area (TPSA) is 49.7 Å². The molecule has 0 radical (unpaired) electrons. The number of hydrazone groups is 1. The standard InChI is InChI=1S/C24H17ClF6N2O2S/c1-36(34,35)18-8-5-14(6-9-18)15-3-2-4-16(11-15)21-13-22(23(27,28)24(29,30)31)32-33(21)20-10-7-17(25)12-19(20)26/h2-12,21H,13H2,1H3. The Morgan fingerprint density at radius 1 is 0.944 bits per heavy atom. The van der Waals surface area contributed by atoms with Crippen LogP contribution in [0.1, 0.15) is 18.0 Å². The second kappa shape index (κ2) is 9.11. The van der Waals surface area contributed by atoms with E-state index >= 15 is 0 Å². The average Bonchev–Trinajstić information content (AvgIpc) is 3.24. The number of benzene rings is 3. The highest BCUT2D eigenvalue weighted by atomic mass is 35.5. The second-order valence-corrected chi connectivity index (χ2v) is 10.7. The van der Waals surface area contributed by atoms with Crippen LogP contribution in [0.4, 0.5) is 32.0 Å². The van der Waals surface area contributed by atoms with Gasteiger partial charge in [-0.05, 0) is 53.1 Å². The van der Waals surface area contributed by atoms with Gasteiger partial charge in [-0.2, -0.15) is 27.1 Å². The maximum Gasteiger partial charge on any atom is 0.459 e. The molecule has 0 amide bonds. The minimum Gasteiger partial charge on any atom is -0.255 e. The first kappa shape index (κ1) is 26.0. The summed E-state index contributed by atoms with van der Waals surface area (Å²) in [7, 11) is -3.43. The molecule has 190 valence electrons. The third kappa shape index (κ3) is 4.94. The molecule has 1 aliphatic rings. The van der Waals surface area contributed by atoms with Gasteiger partial charge in [-0.15, -0.1) is 0 Å². The van der Waals surface area contributed by atoms with Crippen molar-refractivity contribution < 1.29 is 34.8 Å². The van der Waals surface area contributed by atoms with Crippen LogP contribution in [0.25, 0.3) is 11.1 Å². The number of hydrogen-bond acceptors (Lipinski definition) is 4. The van der Waals surface area contributed by atoms with E-state index in [-0.39, 0.29) is 15.6 Å². The van der Waals surface area contributed by atoms with Gasteiger partial charge in [0.2, 0.25) is 0 Å². The van der Waals surface area contributed by atoms with Gasteiger partial charge in [-0.1, -0.05) is 41.9 Å². The molecule has 4 nitrogen and oxygen atoms in total. The van der Waals surface area contributed by atoms with Gasteiger partial charge in [0.05, 0.1) is 16.6 Å². The van der Waals surface area contributed by atoms with Crippen molar-refractivity contribution in [1.82, 2.24) is 0 Å². The Labute approximate surface area is 207 Å². The number of hydrogen-bond donors (Lipinski definition) is 0. The third-order valence-electron chi connectivity index (χ3n) is 5.67. The highest BCUT2D eigenvalue weighted by Gasteiger charge is 2.63. The molecule has 0 aliphatic carbocycles. The molecule has 0 saturated carbocycles. The number of nitrogens with zero attached hydrogens (tertiary/aromatic N) is 2. The van der Waals surface area contributed by atoms with Crippen LogP contribution >= 0.6 is 11.6 Å². The smallest absolute Gasteiger partial charge is 0.255 e. The summed E-state index contributed by atoms with van der Waals surface area (Å²) in [5, 5.41) is 4.32. The molecule has 36 heavy (non-hydrogen) atoms. The molecule has 0 N–H and O–H groups in total. The Kier molecular flexibility index (Phi) is 6.59. The molecule has 0 saturated heterocycles. The van der Waals surface area contributed by atoms with E-state index in [4.69, 9.17) is 11.6 Å². The largest absolute Gasteiger partial charge is 0.459 e. The Bertz CT molecular complexity index is 1440. The minimum atomic E-state index is -5.88. The lowest BCUT2D eigenvalue weighted by molar-refractivity contribution is -0.249. The van der Waals surface area contributed by atoms with Gasteiger partial charge in [0.1, 0.15) is 11.5 Å². The van der Waals surface area contributed by atoms with Gasteiger partial charge < -0.3 is 0 Å². The first-order chi connectivity index (χ1) is 16.7. The van der Waals surface area contributed by atoms with E-state index < -0.39 is 45.9 Å². The van der Waals surface area contributed by atoms with E-state index in [2.05, 4.69) is 5.10 Å². The summed E-state index contributed by atoms with van der Waals surface area (Å²) in [4.78, 5) is 0.0926. The molecular formula is C24H17ClF6N2O2S. The predicted octanol–water partition coefficient (Wildman–Crippen LogP) is 7.05. The number of rotatable bonds is 5. The van der Waals surface area contributed by atoms with Crippen LogP contribution in [0.2, 0.25) is 5.02 Å². The van der Waals surface area contributed by atoms with Gasteiger partial charge in [0.15, 0.2) is 9.84 Å². The zero-order valence-corrected chi connectivity index (χ0v) is 20.0. The van der Waals surface area contributed by atoms with Crippen molar-refractivity contribution in [2.24, 2.45) is 5.10 Å². The molecule has 1 unspecified atom stereocenters. The summed E-state index contributed by atoms with van der Waals surface area (Å²) in [6.45, 7) is 0. The van der Waals surface area contributed by atoms with E-state index in [1.807, 2.05) is 0 Å². The van der Waals surface area contributed by atoms with Crippen LogP contribution in [-0.2, 0) is 9.84 Å². The summed E-state index contributed by atoms with van der Waals surface area (Å²) < 4.78 is 106. The van der Waals surface area contributed by atoms with Gasteiger partial charge in [0, 0.05) is 17.7 Å². The van der Waals surface area contributed by atoms with Crippen molar-refractivity contribution >= 4 is 32.8 Å². The van der Waals surface area contributed by atoms with E-state index in [9.17, 15) is 34.8 Å². The van der Waals surface area contributed by atoms with Gasteiger partial charge in [-0.25, -0.2) is 12.8 Å². The summed E-state index contributed by atoms with van der Waals surface area (Å²) in [6.07, 6.45) is -5.64. The summed E-state index contributed by atoms with van der Waals surface area (Å²) >= 11 is 5.77. The summed E-state index contributed by atoms with van der Waals surface area (Å²) in [6, 6.07) is 14.3. The average molecular weight is 547 g/mol. The summed E-state index contributed by atoms with van der Waals surface area (Å²) in [5.41, 5.74) is -0.350. The number of sulfone groups is 1. The molecule has 3 aromatic rings. The zero-order valence-electron chi connectivity index (χ0n) is 18.4. The summed E-state index contributed by atoms with van der Waals surface area (Å²) in [5.74, 6) is -6.16. The van der Waals surface area contributed by atoms with Crippen LogP contribution < -0.4 is 5.01 Å². The van der Waals surface area contributed by atoms with E-state index in [0.717, 1.165) is 23.4 Å². The van der Waals surface area contributed by atoms with Crippen molar-refractivity contribution in [2.45, 2.75) is 29.5 Å². The van der Waals surface area contributed by atoms with Crippen molar-refractivity contribution in [1.29, 1.82) is 0 Å². The van der Waals surface area contributed by atoms with Crippen LogP contribution in [0.15, 0.2) is 76.7 Å². The van der Waals surface area contributed by atoms with Crippen molar-refractivity contribution in [3.63, 3.8) is 0 Å². The molecule has 1 heterocycles. The van der Waals surface area contributed by atoms with Crippen molar-refractivity contribution in [3.05, 3.63) is 83.1 Å². The Hall–Kier alpha value is -3.05. The highest BCUT2D eigenvalue weighted by molar-refractivity contribution is 7.90. The maximum absolute atomic E-state index is 14.7. The highest BCUT2D eigenvalue weighted by Crippen LogP contribution is 2.45. The number of alkyl halides is 5. The molecule has 0 aromatic heterocycles. The molecule has 1 atom stereocenters. The zero-order chi connectivity index (χ0) is 26.5. The fourth-order valence-electron chi connectivity index (χ4n) is 3.83. The molecular weight excluding hydrogens is 530 g/mol. The van der Waals surface area contributed by atoms with Crippen LogP contribution in [0, 0.1) is 5.82 Å². The van der Waals surface area contributed by atoms with Crippen LogP contribution in [-0.4, -0.2) is 32.5 Å². The molecule has 0 bridgehead atoms. The number of anilines is 1. The molecule has 12 heteroatoms. The van der Waals surface area contributed by atoms with Gasteiger partial charge in [0.25, 0.3) is 0 Å². The molecule has 0 fully saturated rings. The lowest BCUT2D eigenvalue weighted by Crippen LogP contribution is -2.43. The Morgan fingerprint density at radius 2 is 1.61 bits per heavy atom. The van der Waals surface area contributed by atoms with Gasteiger partial charge in [-0.3, -0.25) is 5.01 Å². The van der Waals surface area contributed by atoms with Crippen molar-refractivity contribution in [3.8, 4) is 11.1 Å². The SMILES string of the molecule is CS(=O)(=O)c1ccc(-c2cccc(C3CC(C(F)(F)C(F)(F)F)=NN3c3ccc(Cl)cc3F)c2)cc1. The first-order valence-electron chi connectivity index (χ1n) is 10.4. The van der Waals surface area contributed by atoms with Crippen LogP contribution in [0.3, 0.4) is 0 Å². The second-order valence-electron chi connectivity index (χ2n) is 8.20. The molecule has 4 rings (SSSR count). The lowest BCUT2D eigenvalue weighted by atomic mass is 9.95. The quantitative estimate of drug-likeness (QED) is 0.322. The Balaban J connectivity index is 1.77. The number of halogens is 7. The van der Waals surface area contributed by atoms with Crippen LogP contribution in [0.5, 0.6) is 0 Å². The third-order valence-corrected chi connectivity index (χ3v) is 7.04. The molecule has 1 aliphatic heterocycles.